The van der Waals surface area contributed by atoms with Gasteiger partial charge < -0.3 is 11.1 Å². The highest BCUT2D eigenvalue weighted by atomic mass is 35.5. The minimum Gasteiger partial charge on any atom is -0.350 e. The number of nitrogens with two attached hydrogens (primary N) is 1. The summed E-state index contributed by atoms with van der Waals surface area (Å²) in [4.78, 5) is 17.4. The molecule has 0 radical (unpaired) electrons. The molecule has 4 nitrogen and oxygen atoms in total. The van der Waals surface area contributed by atoms with Crippen molar-refractivity contribution in [2.75, 3.05) is 0 Å². The van der Waals surface area contributed by atoms with Crippen molar-refractivity contribution >= 4 is 42.1 Å². The number of carbonyl (C=O) groups excluding carboxylic acids is 1. The molecule has 1 aromatic carbocycles. The number of amides is 1. The summed E-state index contributed by atoms with van der Waals surface area (Å²) in [5.74, 6) is -0.126. The van der Waals surface area contributed by atoms with Crippen LogP contribution in [0.2, 0.25) is 0 Å². The second-order valence-corrected chi connectivity index (χ2v) is 6.04. The van der Waals surface area contributed by atoms with E-state index >= 15 is 0 Å². The van der Waals surface area contributed by atoms with Gasteiger partial charge in [-0.05, 0) is 25.8 Å². The number of nitrogens with one attached hydrogen (secondary N) is 1. The summed E-state index contributed by atoms with van der Waals surface area (Å²) in [5, 5.41) is 3.89. The third kappa shape index (κ3) is 5.93. The number of halogens is 2. The molecule has 0 bridgehead atoms. The fraction of sp³-hybridized carbons (Fsp3) is 0.333. The van der Waals surface area contributed by atoms with Crippen molar-refractivity contribution in [1.82, 2.24) is 10.3 Å². The molecule has 1 heterocycles. The normalized spacial score (nSPS) is 11.0. The third-order valence-corrected chi connectivity index (χ3v) is 4.13. The van der Waals surface area contributed by atoms with Gasteiger partial charge in [-0.1, -0.05) is 30.3 Å². The smallest absolute Gasteiger partial charge is 0.237 e. The van der Waals surface area contributed by atoms with Gasteiger partial charge in [-0.15, -0.1) is 36.2 Å². The Bertz CT molecular complexity index is 590. The summed E-state index contributed by atoms with van der Waals surface area (Å²) >= 11 is 1.61. The molecule has 1 amide bonds. The van der Waals surface area contributed by atoms with E-state index in [9.17, 15) is 4.79 Å². The maximum absolute atomic E-state index is 12.0. The summed E-state index contributed by atoms with van der Waals surface area (Å²) in [6.07, 6.45) is 0.549. The van der Waals surface area contributed by atoms with E-state index < -0.39 is 6.04 Å². The average Bonchev–Trinajstić information content (AvgIpc) is 2.75. The topological polar surface area (TPSA) is 68.0 Å². The molecular weight excluding hydrogens is 341 g/mol. The molecule has 1 aromatic heterocycles. The van der Waals surface area contributed by atoms with E-state index in [2.05, 4.69) is 10.3 Å². The lowest BCUT2D eigenvalue weighted by molar-refractivity contribution is -0.122. The summed E-state index contributed by atoms with van der Waals surface area (Å²) in [6, 6.07) is 9.27. The standard InChI is InChI=1S/C15H19N3OS.2ClH/c1-10-14(20-11(2)18-10)9-17-15(19)13(16)8-12-6-4-3-5-7-12;;/h3-7,13H,8-9,16H2,1-2H3,(H,17,19);2*1H. The average molecular weight is 362 g/mol. The van der Waals surface area contributed by atoms with Gasteiger partial charge >= 0.3 is 0 Å². The van der Waals surface area contributed by atoms with Crippen LogP contribution < -0.4 is 11.1 Å². The number of hydrogen-bond acceptors (Lipinski definition) is 4. The lowest BCUT2D eigenvalue weighted by Gasteiger charge is -2.12. The Morgan fingerprint density at radius 2 is 1.91 bits per heavy atom. The number of aromatic nitrogens is 1. The Hall–Kier alpha value is -1.14. The van der Waals surface area contributed by atoms with Crippen LogP contribution in [0.1, 0.15) is 21.1 Å². The highest BCUT2D eigenvalue weighted by Crippen LogP contribution is 2.16. The van der Waals surface area contributed by atoms with Crippen molar-refractivity contribution in [3.8, 4) is 0 Å². The second kappa shape index (κ2) is 9.79. The fourth-order valence-electron chi connectivity index (χ4n) is 2.00. The summed E-state index contributed by atoms with van der Waals surface area (Å²) < 4.78 is 0. The van der Waals surface area contributed by atoms with E-state index in [-0.39, 0.29) is 30.7 Å². The van der Waals surface area contributed by atoms with Gasteiger partial charge in [0.15, 0.2) is 0 Å². The summed E-state index contributed by atoms with van der Waals surface area (Å²) in [6.45, 7) is 4.41. The van der Waals surface area contributed by atoms with Crippen LogP contribution in [0.5, 0.6) is 0 Å². The highest BCUT2D eigenvalue weighted by molar-refractivity contribution is 7.11. The number of nitrogens with zero attached hydrogens (tertiary/aromatic N) is 1. The minimum atomic E-state index is -0.522. The van der Waals surface area contributed by atoms with Crippen LogP contribution in [-0.2, 0) is 17.8 Å². The molecule has 0 saturated heterocycles. The van der Waals surface area contributed by atoms with Gasteiger partial charge in [-0.3, -0.25) is 4.79 Å². The molecule has 0 aliphatic carbocycles. The molecule has 1 unspecified atom stereocenters. The van der Waals surface area contributed by atoms with Gasteiger partial charge in [0.1, 0.15) is 0 Å². The second-order valence-electron chi connectivity index (χ2n) is 4.76. The van der Waals surface area contributed by atoms with Crippen LogP contribution in [0, 0.1) is 13.8 Å². The van der Waals surface area contributed by atoms with Crippen LogP contribution in [-0.4, -0.2) is 16.9 Å². The third-order valence-electron chi connectivity index (χ3n) is 3.06. The number of carbonyl (C=O) groups is 1. The number of rotatable bonds is 5. The zero-order valence-corrected chi connectivity index (χ0v) is 15.0. The van der Waals surface area contributed by atoms with E-state index in [1.165, 1.54) is 0 Å². The van der Waals surface area contributed by atoms with Crippen LogP contribution >= 0.6 is 36.2 Å². The Kier molecular flexibility index (Phi) is 9.28. The van der Waals surface area contributed by atoms with Crippen molar-refractivity contribution < 1.29 is 4.79 Å². The van der Waals surface area contributed by atoms with Crippen molar-refractivity contribution in [2.45, 2.75) is 32.9 Å². The highest BCUT2D eigenvalue weighted by Gasteiger charge is 2.14. The molecule has 0 saturated carbocycles. The molecule has 22 heavy (non-hydrogen) atoms. The van der Waals surface area contributed by atoms with E-state index in [0.717, 1.165) is 21.1 Å². The first-order chi connectivity index (χ1) is 9.56. The Labute approximate surface area is 147 Å². The quantitative estimate of drug-likeness (QED) is 0.860. The molecule has 122 valence electrons. The van der Waals surface area contributed by atoms with Crippen LogP contribution in [0.25, 0.3) is 0 Å². The predicted molar refractivity (Wildman–Crippen MR) is 96.1 cm³/mol. The number of hydrogen-bond donors (Lipinski definition) is 2. The zero-order chi connectivity index (χ0) is 14.5. The molecule has 0 aliphatic heterocycles. The first kappa shape index (κ1) is 20.9. The molecule has 2 rings (SSSR count). The zero-order valence-electron chi connectivity index (χ0n) is 12.5. The number of aryl methyl sites for hydroxylation is 2. The van der Waals surface area contributed by atoms with Crippen LogP contribution in [0.4, 0.5) is 0 Å². The fourth-order valence-corrected chi connectivity index (χ4v) is 2.87. The predicted octanol–water partition coefficient (Wildman–Crippen LogP) is 2.79. The Morgan fingerprint density at radius 3 is 2.45 bits per heavy atom. The van der Waals surface area contributed by atoms with Gasteiger partial charge in [0.25, 0.3) is 0 Å². The maximum atomic E-state index is 12.0. The molecule has 2 aromatic rings. The van der Waals surface area contributed by atoms with Crippen molar-refractivity contribution in [2.24, 2.45) is 5.73 Å². The molecule has 0 spiro atoms. The largest absolute Gasteiger partial charge is 0.350 e. The van der Waals surface area contributed by atoms with E-state index in [1.807, 2.05) is 44.2 Å². The lowest BCUT2D eigenvalue weighted by atomic mass is 10.1. The number of benzene rings is 1. The van der Waals surface area contributed by atoms with Crippen LogP contribution in [0.15, 0.2) is 30.3 Å². The van der Waals surface area contributed by atoms with E-state index in [4.69, 9.17) is 5.73 Å². The van der Waals surface area contributed by atoms with Gasteiger partial charge in [-0.2, -0.15) is 0 Å². The minimum absolute atomic E-state index is 0. The SMILES string of the molecule is Cc1nc(C)c(CNC(=O)C(N)Cc2ccccc2)s1.Cl.Cl. The van der Waals surface area contributed by atoms with Gasteiger partial charge in [0.05, 0.1) is 23.3 Å². The maximum Gasteiger partial charge on any atom is 0.237 e. The van der Waals surface area contributed by atoms with E-state index in [0.29, 0.717) is 13.0 Å². The molecule has 7 heteroatoms. The first-order valence-corrected chi connectivity index (χ1v) is 7.38. The van der Waals surface area contributed by atoms with Crippen LogP contribution in [0.3, 0.4) is 0 Å². The van der Waals surface area contributed by atoms with Gasteiger partial charge in [0.2, 0.25) is 5.91 Å². The molecule has 0 fully saturated rings. The molecule has 0 aliphatic rings. The number of thiazole rings is 1. The van der Waals surface area contributed by atoms with Crippen molar-refractivity contribution in [1.29, 1.82) is 0 Å². The molecular formula is C15H21Cl2N3OS. The summed E-state index contributed by atoms with van der Waals surface area (Å²) in [7, 11) is 0. The Morgan fingerprint density at radius 1 is 1.27 bits per heavy atom. The molecule has 1 atom stereocenters. The Balaban J connectivity index is 0.00000220. The monoisotopic (exact) mass is 361 g/mol. The van der Waals surface area contributed by atoms with E-state index in [1.54, 1.807) is 11.3 Å². The van der Waals surface area contributed by atoms with Gasteiger partial charge in [0, 0.05) is 4.88 Å². The molecule has 3 N–H and O–H groups in total. The summed E-state index contributed by atoms with van der Waals surface area (Å²) in [5.41, 5.74) is 7.98. The lowest BCUT2D eigenvalue weighted by Crippen LogP contribution is -2.41. The first-order valence-electron chi connectivity index (χ1n) is 6.56. The van der Waals surface area contributed by atoms with Crippen molar-refractivity contribution in [3.63, 3.8) is 0 Å². The van der Waals surface area contributed by atoms with Crippen molar-refractivity contribution in [3.05, 3.63) is 51.5 Å². The van der Waals surface area contributed by atoms with Gasteiger partial charge in [-0.25, -0.2) is 4.98 Å².